The number of halogens is 1. The molecule has 88 valence electrons. The molecule has 0 amide bonds. The number of hydrogen-bond acceptors (Lipinski definition) is 1. The lowest BCUT2D eigenvalue weighted by atomic mass is 9.81. The van der Waals surface area contributed by atoms with Gasteiger partial charge in [0.25, 0.3) is 0 Å². The Labute approximate surface area is 97.1 Å². The predicted octanol–water partition coefficient (Wildman–Crippen LogP) is 3.25. The van der Waals surface area contributed by atoms with Crippen molar-refractivity contribution in [2.24, 2.45) is 0 Å². The molecule has 0 unspecified atom stereocenters. The van der Waals surface area contributed by atoms with Crippen molar-refractivity contribution in [2.45, 2.75) is 44.6 Å². The number of rotatable bonds is 5. The largest absolute Gasteiger partial charge is 0.314 e. The summed E-state index contributed by atoms with van der Waals surface area (Å²) in [7, 11) is 0. The molecule has 2 heteroatoms. The Balaban J connectivity index is 1.96. The average Bonchev–Trinajstić information content (AvgIpc) is 3.02. The second-order valence-electron chi connectivity index (χ2n) is 5.34. The third kappa shape index (κ3) is 2.82. The van der Waals surface area contributed by atoms with E-state index in [1.807, 2.05) is 12.1 Å². The van der Waals surface area contributed by atoms with Crippen LogP contribution in [-0.2, 0) is 5.41 Å². The van der Waals surface area contributed by atoms with E-state index >= 15 is 0 Å². The van der Waals surface area contributed by atoms with Gasteiger partial charge in [0.15, 0.2) is 0 Å². The van der Waals surface area contributed by atoms with E-state index in [2.05, 4.69) is 19.2 Å². The molecular weight excluding hydrogens is 201 g/mol. The van der Waals surface area contributed by atoms with Gasteiger partial charge in [0.05, 0.1) is 0 Å². The van der Waals surface area contributed by atoms with Crippen LogP contribution in [0.2, 0.25) is 0 Å². The molecule has 16 heavy (non-hydrogen) atoms. The monoisotopic (exact) mass is 221 g/mol. The van der Waals surface area contributed by atoms with E-state index in [1.165, 1.54) is 12.8 Å². The highest BCUT2D eigenvalue weighted by Gasteiger charge is 2.25. The minimum atomic E-state index is -0.0900. The van der Waals surface area contributed by atoms with Crippen LogP contribution in [0.3, 0.4) is 0 Å². The van der Waals surface area contributed by atoms with Crippen molar-refractivity contribution < 1.29 is 4.39 Å². The van der Waals surface area contributed by atoms with Gasteiger partial charge < -0.3 is 5.32 Å². The van der Waals surface area contributed by atoms with Crippen LogP contribution >= 0.6 is 0 Å². The highest BCUT2D eigenvalue weighted by molar-refractivity contribution is 5.25. The molecule has 1 aliphatic rings. The maximum atomic E-state index is 13.7. The molecule has 0 saturated heterocycles. The first kappa shape index (κ1) is 11.6. The van der Waals surface area contributed by atoms with Gasteiger partial charge in [0.1, 0.15) is 5.82 Å². The Morgan fingerprint density at radius 1 is 1.31 bits per heavy atom. The normalized spacial score (nSPS) is 16.4. The fraction of sp³-hybridized carbons (Fsp3) is 0.571. The second-order valence-corrected chi connectivity index (χ2v) is 5.34. The van der Waals surface area contributed by atoms with E-state index in [9.17, 15) is 4.39 Å². The topological polar surface area (TPSA) is 12.0 Å². The molecule has 0 aliphatic heterocycles. The molecule has 2 rings (SSSR count). The van der Waals surface area contributed by atoms with Gasteiger partial charge in [-0.05, 0) is 42.9 Å². The Bertz CT molecular complexity index is 356. The summed E-state index contributed by atoms with van der Waals surface area (Å²) >= 11 is 0. The van der Waals surface area contributed by atoms with Crippen LogP contribution in [0.5, 0.6) is 0 Å². The van der Waals surface area contributed by atoms with Crippen molar-refractivity contribution in [1.29, 1.82) is 0 Å². The van der Waals surface area contributed by atoms with Gasteiger partial charge in [-0.3, -0.25) is 0 Å². The summed E-state index contributed by atoms with van der Waals surface area (Å²) in [5, 5.41) is 3.48. The van der Waals surface area contributed by atoms with Crippen LogP contribution in [0, 0.1) is 5.82 Å². The SMILES string of the molecule is CC(C)(CCNC1CC1)c1ccccc1F. The van der Waals surface area contributed by atoms with Crippen LogP contribution in [0.4, 0.5) is 4.39 Å². The zero-order valence-electron chi connectivity index (χ0n) is 10.1. The number of benzene rings is 1. The fourth-order valence-electron chi connectivity index (χ4n) is 2.02. The second kappa shape index (κ2) is 4.54. The molecule has 1 saturated carbocycles. The highest BCUT2D eigenvalue weighted by atomic mass is 19.1. The van der Waals surface area contributed by atoms with Crippen molar-refractivity contribution in [3.05, 3.63) is 35.6 Å². The van der Waals surface area contributed by atoms with Crippen LogP contribution in [0.1, 0.15) is 38.7 Å². The van der Waals surface area contributed by atoms with Gasteiger partial charge in [-0.15, -0.1) is 0 Å². The van der Waals surface area contributed by atoms with Gasteiger partial charge >= 0.3 is 0 Å². The van der Waals surface area contributed by atoms with Crippen molar-refractivity contribution in [2.75, 3.05) is 6.54 Å². The molecule has 1 aliphatic carbocycles. The zero-order chi connectivity index (χ0) is 11.6. The Morgan fingerprint density at radius 3 is 2.62 bits per heavy atom. The third-order valence-electron chi connectivity index (χ3n) is 3.36. The molecular formula is C14H20FN. The molecule has 1 fully saturated rings. The molecule has 0 radical (unpaired) electrons. The molecule has 0 bridgehead atoms. The summed E-state index contributed by atoms with van der Waals surface area (Å²) < 4.78 is 13.7. The van der Waals surface area contributed by atoms with Crippen LogP contribution in [-0.4, -0.2) is 12.6 Å². The van der Waals surface area contributed by atoms with Crippen molar-refractivity contribution >= 4 is 0 Å². The molecule has 1 nitrogen and oxygen atoms in total. The van der Waals surface area contributed by atoms with Crippen LogP contribution in [0.25, 0.3) is 0 Å². The average molecular weight is 221 g/mol. The third-order valence-corrected chi connectivity index (χ3v) is 3.36. The number of hydrogen-bond donors (Lipinski definition) is 1. The smallest absolute Gasteiger partial charge is 0.126 e. The van der Waals surface area contributed by atoms with Gasteiger partial charge in [-0.1, -0.05) is 32.0 Å². The molecule has 1 N–H and O–H groups in total. The maximum absolute atomic E-state index is 13.7. The summed E-state index contributed by atoms with van der Waals surface area (Å²) in [5.41, 5.74) is 0.736. The first-order valence-electron chi connectivity index (χ1n) is 6.08. The Hall–Kier alpha value is -0.890. The summed E-state index contributed by atoms with van der Waals surface area (Å²) in [5.74, 6) is -0.0843. The zero-order valence-corrected chi connectivity index (χ0v) is 10.1. The summed E-state index contributed by atoms with van der Waals surface area (Å²) in [4.78, 5) is 0. The molecule has 0 spiro atoms. The van der Waals surface area contributed by atoms with Gasteiger partial charge in [-0.2, -0.15) is 0 Å². The number of nitrogens with one attached hydrogen (secondary N) is 1. The van der Waals surface area contributed by atoms with Crippen molar-refractivity contribution in [3.8, 4) is 0 Å². The summed E-state index contributed by atoms with van der Waals surface area (Å²) in [6.07, 6.45) is 3.59. The lowest BCUT2D eigenvalue weighted by Gasteiger charge is -2.26. The summed E-state index contributed by atoms with van der Waals surface area (Å²) in [6.45, 7) is 5.20. The van der Waals surface area contributed by atoms with E-state index in [4.69, 9.17) is 0 Å². The molecule has 0 aromatic heterocycles. The van der Waals surface area contributed by atoms with Crippen molar-refractivity contribution in [1.82, 2.24) is 5.32 Å². The van der Waals surface area contributed by atoms with E-state index < -0.39 is 0 Å². The van der Waals surface area contributed by atoms with E-state index in [0.29, 0.717) is 0 Å². The van der Waals surface area contributed by atoms with Gasteiger partial charge in [0.2, 0.25) is 0 Å². The lowest BCUT2D eigenvalue weighted by Crippen LogP contribution is -2.27. The highest BCUT2D eigenvalue weighted by Crippen LogP contribution is 2.29. The van der Waals surface area contributed by atoms with Crippen LogP contribution < -0.4 is 5.32 Å². The lowest BCUT2D eigenvalue weighted by molar-refractivity contribution is 0.433. The van der Waals surface area contributed by atoms with Gasteiger partial charge in [0, 0.05) is 6.04 Å². The minimum Gasteiger partial charge on any atom is -0.314 e. The first-order chi connectivity index (χ1) is 7.59. The molecule has 0 atom stereocenters. The van der Waals surface area contributed by atoms with Crippen molar-refractivity contribution in [3.63, 3.8) is 0 Å². The quantitative estimate of drug-likeness (QED) is 0.805. The van der Waals surface area contributed by atoms with Crippen LogP contribution in [0.15, 0.2) is 24.3 Å². The fourth-order valence-corrected chi connectivity index (χ4v) is 2.02. The van der Waals surface area contributed by atoms with E-state index in [0.717, 1.165) is 24.6 Å². The first-order valence-corrected chi connectivity index (χ1v) is 6.08. The maximum Gasteiger partial charge on any atom is 0.126 e. The Morgan fingerprint density at radius 2 is 2.00 bits per heavy atom. The summed E-state index contributed by atoms with van der Waals surface area (Å²) in [6, 6.07) is 7.83. The molecule has 1 aromatic rings. The minimum absolute atomic E-state index is 0.0843. The standard InChI is InChI=1S/C14H20FN/c1-14(2,9-10-16-11-7-8-11)12-5-3-4-6-13(12)15/h3-6,11,16H,7-10H2,1-2H3. The van der Waals surface area contributed by atoms with Gasteiger partial charge in [-0.25, -0.2) is 4.39 Å². The Kier molecular flexibility index (Phi) is 3.29. The van der Waals surface area contributed by atoms with E-state index in [1.54, 1.807) is 12.1 Å². The molecule has 1 aromatic carbocycles. The molecule has 0 heterocycles. The predicted molar refractivity (Wildman–Crippen MR) is 65.1 cm³/mol. The van der Waals surface area contributed by atoms with E-state index in [-0.39, 0.29) is 11.2 Å².